The molecule has 0 fully saturated rings. The van der Waals surface area contributed by atoms with E-state index in [1.54, 1.807) is 17.6 Å². The van der Waals surface area contributed by atoms with Crippen molar-refractivity contribution in [2.75, 3.05) is 5.75 Å². The van der Waals surface area contributed by atoms with E-state index in [4.69, 9.17) is 5.11 Å². The van der Waals surface area contributed by atoms with Crippen molar-refractivity contribution in [2.24, 2.45) is 0 Å². The van der Waals surface area contributed by atoms with Crippen molar-refractivity contribution in [3.8, 4) is 0 Å². The van der Waals surface area contributed by atoms with E-state index in [1.807, 2.05) is 6.92 Å². The molecular formula is C14H15NO4S2. The highest BCUT2D eigenvalue weighted by Gasteiger charge is 2.16. The van der Waals surface area contributed by atoms with E-state index in [0.717, 1.165) is 10.6 Å². The minimum Gasteiger partial charge on any atom is -0.481 e. The van der Waals surface area contributed by atoms with Gasteiger partial charge < -0.3 is 5.11 Å². The van der Waals surface area contributed by atoms with Crippen molar-refractivity contribution in [2.45, 2.75) is 24.7 Å². The van der Waals surface area contributed by atoms with Gasteiger partial charge in [0.05, 0.1) is 28.3 Å². The number of rotatable bonds is 6. The molecule has 0 atom stereocenters. The fourth-order valence-corrected chi connectivity index (χ4v) is 4.07. The Morgan fingerprint density at radius 2 is 1.95 bits per heavy atom. The van der Waals surface area contributed by atoms with E-state index in [1.165, 1.54) is 23.5 Å². The summed E-state index contributed by atoms with van der Waals surface area (Å²) in [5.41, 5.74) is 3.16. The van der Waals surface area contributed by atoms with Gasteiger partial charge in [-0.2, -0.15) is 0 Å². The van der Waals surface area contributed by atoms with E-state index < -0.39 is 15.8 Å². The van der Waals surface area contributed by atoms with Crippen LogP contribution in [0.25, 0.3) is 0 Å². The Kier molecular flexibility index (Phi) is 4.74. The standard InChI is InChI=1S/C14H15NO4S2/c1-10-13(20-9-15-10)6-7-21(18,19)12-4-2-11(3-5-12)8-14(16)17/h2-5,9H,6-8H2,1H3,(H,16,17). The van der Waals surface area contributed by atoms with Crippen LogP contribution in [-0.4, -0.2) is 30.2 Å². The first-order chi connectivity index (χ1) is 9.88. The summed E-state index contributed by atoms with van der Waals surface area (Å²) in [6.07, 6.45) is 0.329. The van der Waals surface area contributed by atoms with Crippen LogP contribution in [0.5, 0.6) is 0 Å². The van der Waals surface area contributed by atoms with Crippen LogP contribution >= 0.6 is 11.3 Å². The summed E-state index contributed by atoms with van der Waals surface area (Å²) >= 11 is 1.45. The summed E-state index contributed by atoms with van der Waals surface area (Å²) in [4.78, 5) is 15.9. The molecule has 0 bridgehead atoms. The summed E-state index contributed by atoms with van der Waals surface area (Å²) in [6, 6.07) is 6.01. The van der Waals surface area contributed by atoms with Gasteiger partial charge in [-0.25, -0.2) is 13.4 Å². The number of sulfone groups is 1. The molecule has 0 radical (unpaired) electrons. The van der Waals surface area contributed by atoms with E-state index in [9.17, 15) is 13.2 Å². The van der Waals surface area contributed by atoms with Crippen LogP contribution < -0.4 is 0 Å². The van der Waals surface area contributed by atoms with Crippen molar-refractivity contribution in [1.82, 2.24) is 4.98 Å². The zero-order valence-corrected chi connectivity index (χ0v) is 13.1. The molecule has 0 aliphatic rings. The Bertz CT molecular complexity index is 733. The number of hydrogen-bond acceptors (Lipinski definition) is 5. The first-order valence-electron chi connectivity index (χ1n) is 6.31. The predicted octanol–water partition coefficient (Wildman–Crippen LogP) is 2.10. The molecular weight excluding hydrogens is 310 g/mol. The van der Waals surface area contributed by atoms with Crippen molar-refractivity contribution < 1.29 is 18.3 Å². The summed E-state index contributed by atoms with van der Waals surface area (Å²) in [5.74, 6) is -0.916. The first-order valence-corrected chi connectivity index (χ1v) is 8.84. The lowest BCUT2D eigenvalue weighted by Crippen LogP contribution is -2.09. The predicted molar refractivity (Wildman–Crippen MR) is 80.4 cm³/mol. The highest BCUT2D eigenvalue weighted by Crippen LogP contribution is 2.18. The van der Waals surface area contributed by atoms with Crippen LogP contribution in [-0.2, 0) is 27.5 Å². The molecule has 1 N–H and O–H groups in total. The summed E-state index contributed by atoms with van der Waals surface area (Å²) in [5, 5.41) is 8.69. The molecule has 7 heteroatoms. The van der Waals surface area contributed by atoms with Gasteiger partial charge in [0.1, 0.15) is 0 Å². The zero-order chi connectivity index (χ0) is 15.5. The molecule has 1 aromatic heterocycles. The Morgan fingerprint density at radius 1 is 1.29 bits per heavy atom. The van der Waals surface area contributed by atoms with Gasteiger partial charge >= 0.3 is 5.97 Å². The monoisotopic (exact) mass is 325 g/mol. The molecule has 2 rings (SSSR count). The number of hydrogen-bond donors (Lipinski definition) is 1. The fraction of sp³-hybridized carbons (Fsp3) is 0.286. The Morgan fingerprint density at radius 3 is 2.48 bits per heavy atom. The molecule has 0 spiro atoms. The van der Waals surface area contributed by atoms with Crippen molar-refractivity contribution >= 4 is 27.1 Å². The second kappa shape index (κ2) is 6.36. The summed E-state index contributed by atoms with van der Waals surface area (Å²) in [7, 11) is -3.37. The van der Waals surface area contributed by atoms with Gasteiger partial charge in [-0.1, -0.05) is 12.1 Å². The van der Waals surface area contributed by atoms with Crippen LogP contribution in [0.2, 0.25) is 0 Å². The Labute approximate surface area is 127 Å². The molecule has 1 heterocycles. The third-order valence-corrected chi connectivity index (χ3v) is 5.81. The van der Waals surface area contributed by atoms with E-state index in [-0.39, 0.29) is 17.1 Å². The van der Waals surface area contributed by atoms with Gasteiger partial charge in [-0.15, -0.1) is 11.3 Å². The quantitative estimate of drug-likeness (QED) is 0.879. The molecule has 0 saturated carbocycles. The lowest BCUT2D eigenvalue weighted by molar-refractivity contribution is -0.136. The number of nitrogens with zero attached hydrogens (tertiary/aromatic N) is 1. The SMILES string of the molecule is Cc1ncsc1CCS(=O)(=O)c1ccc(CC(=O)O)cc1. The number of carbonyl (C=O) groups is 1. The van der Waals surface area contributed by atoms with Gasteiger partial charge in [-0.05, 0) is 31.0 Å². The van der Waals surface area contributed by atoms with Gasteiger partial charge in [0.15, 0.2) is 9.84 Å². The van der Waals surface area contributed by atoms with Crippen LogP contribution in [0.1, 0.15) is 16.1 Å². The maximum atomic E-state index is 12.2. The van der Waals surface area contributed by atoms with Crippen LogP contribution in [0.3, 0.4) is 0 Å². The summed E-state index contributed by atoms with van der Waals surface area (Å²) < 4.78 is 24.5. The molecule has 1 aromatic carbocycles. The molecule has 2 aromatic rings. The average molecular weight is 325 g/mol. The smallest absolute Gasteiger partial charge is 0.307 e. The van der Waals surface area contributed by atoms with Crippen LogP contribution in [0.15, 0.2) is 34.7 Å². The van der Waals surface area contributed by atoms with Crippen LogP contribution in [0, 0.1) is 6.92 Å². The van der Waals surface area contributed by atoms with E-state index in [0.29, 0.717) is 12.0 Å². The Hall–Kier alpha value is -1.73. The van der Waals surface area contributed by atoms with Gasteiger partial charge in [0, 0.05) is 4.88 Å². The summed E-state index contributed by atoms with van der Waals surface area (Å²) in [6.45, 7) is 1.86. The largest absolute Gasteiger partial charge is 0.481 e. The highest BCUT2D eigenvalue weighted by atomic mass is 32.2. The minimum atomic E-state index is -3.37. The maximum Gasteiger partial charge on any atom is 0.307 e. The molecule has 0 unspecified atom stereocenters. The number of carboxylic acids is 1. The molecule has 112 valence electrons. The molecule has 21 heavy (non-hydrogen) atoms. The molecule has 0 aliphatic carbocycles. The lowest BCUT2D eigenvalue weighted by atomic mass is 10.2. The molecule has 0 amide bonds. The van der Waals surface area contributed by atoms with Gasteiger partial charge in [-0.3, -0.25) is 4.79 Å². The first kappa shape index (κ1) is 15.7. The zero-order valence-electron chi connectivity index (χ0n) is 11.4. The number of carboxylic acid groups (broad SMARTS) is 1. The van der Waals surface area contributed by atoms with E-state index in [2.05, 4.69) is 4.98 Å². The van der Waals surface area contributed by atoms with Crippen molar-refractivity contribution in [3.05, 3.63) is 45.9 Å². The number of thiazole rings is 1. The second-order valence-corrected chi connectivity index (χ2v) is 7.69. The molecule has 5 nitrogen and oxygen atoms in total. The van der Waals surface area contributed by atoms with Crippen molar-refractivity contribution in [1.29, 1.82) is 0 Å². The molecule has 0 saturated heterocycles. The number of aromatic nitrogens is 1. The van der Waals surface area contributed by atoms with E-state index >= 15 is 0 Å². The maximum absolute atomic E-state index is 12.2. The minimum absolute atomic E-state index is 0.0221. The second-order valence-electron chi connectivity index (χ2n) is 4.64. The topological polar surface area (TPSA) is 84.3 Å². The Balaban J connectivity index is 2.08. The van der Waals surface area contributed by atoms with Gasteiger partial charge in [0.25, 0.3) is 0 Å². The van der Waals surface area contributed by atoms with Crippen molar-refractivity contribution in [3.63, 3.8) is 0 Å². The number of benzene rings is 1. The lowest BCUT2D eigenvalue weighted by Gasteiger charge is -2.05. The number of aryl methyl sites for hydroxylation is 2. The third kappa shape index (κ3) is 4.12. The number of aliphatic carboxylic acids is 1. The normalized spacial score (nSPS) is 11.5. The van der Waals surface area contributed by atoms with Crippen LogP contribution in [0.4, 0.5) is 0 Å². The third-order valence-electron chi connectivity index (χ3n) is 3.08. The van der Waals surface area contributed by atoms with Gasteiger partial charge in [0.2, 0.25) is 0 Å². The molecule has 0 aliphatic heterocycles. The fourth-order valence-electron chi connectivity index (χ4n) is 1.90. The average Bonchev–Trinajstić information content (AvgIpc) is 2.82. The highest BCUT2D eigenvalue weighted by molar-refractivity contribution is 7.91.